The van der Waals surface area contributed by atoms with Gasteiger partial charge in [0.2, 0.25) is 0 Å². The zero-order valence-electron chi connectivity index (χ0n) is 21.8. The number of hydrogen-bond acceptors (Lipinski definition) is 2. The molecule has 0 aliphatic rings. The van der Waals surface area contributed by atoms with Gasteiger partial charge >= 0.3 is 0 Å². The normalized spacial score (nSPS) is 11.1. The number of rotatable bonds is 7. The summed E-state index contributed by atoms with van der Waals surface area (Å²) >= 11 is 0. The van der Waals surface area contributed by atoms with Gasteiger partial charge in [-0.05, 0) is 71.1 Å². The van der Waals surface area contributed by atoms with Crippen LogP contribution >= 0.6 is 0 Å². The van der Waals surface area contributed by atoms with Crippen molar-refractivity contribution in [1.29, 1.82) is 0 Å². The topological polar surface area (TPSA) is 18.5 Å². The van der Waals surface area contributed by atoms with Crippen molar-refractivity contribution in [3.8, 4) is 33.8 Å². The molecule has 6 aromatic carbocycles. The summed E-state index contributed by atoms with van der Waals surface area (Å²) in [6, 6.07) is 42.8. The standard InChI is InChI=1S/C36H30O2/c1-25-12-14-27(15-13-25)30-18-19-33-32(23-30)9-5-10-35(33)37-20-21-38-36-11-4-7-28-16-17-31(24-34(28)36)29-8-3-6-26(2)22-29/h3-19,22-24H,20-21H2,1-2H3. The summed E-state index contributed by atoms with van der Waals surface area (Å²) in [6.45, 7) is 5.16. The molecule has 0 unspecified atom stereocenters. The molecule has 0 saturated carbocycles. The minimum Gasteiger partial charge on any atom is -0.489 e. The van der Waals surface area contributed by atoms with Gasteiger partial charge in [0, 0.05) is 10.8 Å². The van der Waals surface area contributed by atoms with E-state index in [-0.39, 0.29) is 0 Å². The molecule has 0 aliphatic heterocycles. The molecule has 0 saturated heterocycles. The summed E-state index contributed by atoms with van der Waals surface area (Å²) < 4.78 is 12.4. The lowest BCUT2D eigenvalue weighted by Crippen LogP contribution is -2.09. The SMILES string of the molecule is Cc1ccc(-c2ccc3c(OCCOc4cccc5ccc(-c6cccc(C)c6)cc45)cccc3c2)cc1. The third-order valence-corrected chi connectivity index (χ3v) is 7.02. The Morgan fingerprint density at radius 2 is 1.03 bits per heavy atom. The second-order valence-electron chi connectivity index (χ2n) is 9.82. The van der Waals surface area contributed by atoms with Crippen molar-refractivity contribution < 1.29 is 9.47 Å². The van der Waals surface area contributed by atoms with E-state index in [0.717, 1.165) is 22.3 Å². The van der Waals surface area contributed by atoms with Crippen LogP contribution in [0.4, 0.5) is 0 Å². The van der Waals surface area contributed by atoms with Gasteiger partial charge < -0.3 is 9.47 Å². The summed E-state index contributed by atoms with van der Waals surface area (Å²) in [7, 11) is 0. The van der Waals surface area contributed by atoms with E-state index in [1.165, 1.54) is 44.2 Å². The van der Waals surface area contributed by atoms with Crippen LogP contribution in [-0.2, 0) is 0 Å². The van der Waals surface area contributed by atoms with Crippen LogP contribution in [-0.4, -0.2) is 13.2 Å². The van der Waals surface area contributed by atoms with Crippen LogP contribution in [0.1, 0.15) is 11.1 Å². The van der Waals surface area contributed by atoms with Crippen LogP contribution < -0.4 is 9.47 Å². The van der Waals surface area contributed by atoms with Crippen molar-refractivity contribution in [2.75, 3.05) is 13.2 Å². The molecule has 2 heteroatoms. The van der Waals surface area contributed by atoms with Gasteiger partial charge in [-0.15, -0.1) is 0 Å². The molecular formula is C36H30O2. The minimum absolute atomic E-state index is 0.464. The molecule has 186 valence electrons. The molecule has 6 aromatic rings. The molecule has 0 aliphatic carbocycles. The maximum Gasteiger partial charge on any atom is 0.127 e. The number of hydrogen-bond donors (Lipinski definition) is 0. The predicted molar refractivity (Wildman–Crippen MR) is 159 cm³/mol. The van der Waals surface area contributed by atoms with Gasteiger partial charge in [-0.1, -0.05) is 108 Å². The number of fused-ring (bicyclic) bond motifs is 2. The Labute approximate surface area is 224 Å². The molecular weight excluding hydrogens is 464 g/mol. The Bertz CT molecular complexity index is 1730. The Kier molecular flexibility index (Phi) is 6.54. The molecule has 0 atom stereocenters. The smallest absolute Gasteiger partial charge is 0.127 e. The van der Waals surface area contributed by atoms with E-state index < -0.39 is 0 Å². The van der Waals surface area contributed by atoms with E-state index in [1.807, 2.05) is 18.2 Å². The quantitative estimate of drug-likeness (QED) is 0.206. The third kappa shape index (κ3) is 4.99. The lowest BCUT2D eigenvalue weighted by atomic mass is 9.99. The van der Waals surface area contributed by atoms with E-state index in [0.29, 0.717) is 13.2 Å². The molecule has 2 nitrogen and oxygen atoms in total. The van der Waals surface area contributed by atoms with E-state index in [9.17, 15) is 0 Å². The Hall–Kier alpha value is -4.56. The Morgan fingerprint density at radius 3 is 1.79 bits per heavy atom. The summed E-state index contributed by atoms with van der Waals surface area (Å²) in [4.78, 5) is 0. The molecule has 0 N–H and O–H groups in total. The molecule has 38 heavy (non-hydrogen) atoms. The van der Waals surface area contributed by atoms with E-state index in [1.54, 1.807) is 0 Å². The maximum atomic E-state index is 6.23. The van der Waals surface area contributed by atoms with E-state index >= 15 is 0 Å². The zero-order valence-corrected chi connectivity index (χ0v) is 21.8. The van der Waals surface area contributed by atoms with Crippen LogP contribution in [0.2, 0.25) is 0 Å². The number of aryl methyl sites for hydroxylation is 2. The zero-order chi connectivity index (χ0) is 25.9. The fourth-order valence-electron chi connectivity index (χ4n) is 4.98. The molecule has 0 spiro atoms. The van der Waals surface area contributed by atoms with Crippen molar-refractivity contribution in [2.45, 2.75) is 13.8 Å². The van der Waals surface area contributed by atoms with Crippen LogP contribution in [0.3, 0.4) is 0 Å². The molecule has 6 rings (SSSR count). The molecule has 0 amide bonds. The highest BCUT2D eigenvalue weighted by Gasteiger charge is 2.08. The van der Waals surface area contributed by atoms with Crippen molar-refractivity contribution in [2.24, 2.45) is 0 Å². The molecule has 0 aromatic heterocycles. The van der Waals surface area contributed by atoms with Crippen molar-refractivity contribution >= 4 is 21.5 Å². The average Bonchev–Trinajstić information content (AvgIpc) is 2.95. The number of ether oxygens (including phenoxy) is 2. The third-order valence-electron chi connectivity index (χ3n) is 7.02. The first kappa shape index (κ1) is 23.8. The van der Waals surface area contributed by atoms with E-state index in [2.05, 4.69) is 117 Å². The highest BCUT2D eigenvalue weighted by Crippen LogP contribution is 2.32. The van der Waals surface area contributed by atoms with Gasteiger partial charge in [0.25, 0.3) is 0 Å². The average molecular weight is 495 g/mol. The fraction of sp³-hybridized carbons (Fsp3) is 0.111. The van der Waals surface area contributed by atoms with Crippen molar-refractivity contribution in [3.63, 3.8) is 0 Å². The van der Waals surface area contributed by atoms with E-state index in [4.69, 9.17) is 9.47 Å². The largest absolute Gasteiger partial charge is 0.489 e. The molecule has 0 bridgehead atoms. The summed E-state index contributed by atoms with van der Waals surface area (Å²) in [5.74, 6) is 1.75. The highest BCUT2D eigenvalue weighted by molar-refractivity contribution is 5.93. The summed E-state index contributed by atoms with van der Waals surface area (Å²) in [5, 5.41) is 4.55. The second-order valence-corrected chi connectivity index (χ2v) is 9.82. The van der Waals surface area contributed by atoms with Crippen LogP contribution in [0, 0.1) is 13.8 Å². The van der Waals surface area contributed by atoms with Crippen molar-refractivity contribution in [3.05, 3.63) is 132 Å². The summed E-state index contributed by atoms with van der Waals surface area (Å²) in [6.07, 6.45) is 0. The van der Waals surface area contributed by atoms with Gasteiger partial charge in [0.05, 0.1) is 0 Å². The van der Waals surface area contributed by atoms with Crippen LogP contribution in [0.25, 0.3) is 43.8 Å². The monoisotopic (exact) mass is 494 g/mol. The molecule has 0 fully saturated rings. The first-order valence-corrected chi connectivity index (χ1v) is 13.1. The lowest BCUT2D eigenvalue weighted by molar-refractivity contribution is 0.220. The van der Waals surface area contributed by atoms with Gasteiger partial charge in [0.1, 0.15) is 24.7 Å². The van der Waals surface area contributed by atoms with Gasteiger partial charge in [-0.25, -0.2) is 0 Å². The lowest BCUT2D eigenvalue weighted by Gasteiger charge is -2.13. The number of benzene rings is 6. The van der Waals surface area contributed by atoms with Crippen molar-refractivity contribution in [1.82, 2.24) is 0 Å². The highest BCUT2D eigenvalue weighted by atomic mass is 16.5. The predicted octanol–water partition coefficient (Wildman–Crippen LogP) is 9.40. The maximum absolute atomic E-state index is 6.23. The van der Waals surface area contributed by atoms with Gasteiger partial charge in [-0.3, -0.25) is 0 Å². The first-order chi connectivity index (χ1) is 18.6. The second kappa shape index (κ2) is 10.4. The Balaban J connectivity index is 1.17. The Morgan fingerprint density at radius 1 is 0.421 bits per heavy atom. The van der Waals surface area contributed by atoms with Crippen LogP contribution in [0.15, 0.2) is 121 Å². The fourth-order valence-corrected chi connectivity index (χ4v) is 4.98. The molecule has 0 radical (unpaired) electrons. The first-order valence-electron chi connectivity index (χ1n) is 13.1. The van der Waals surface area contributed by atoms with Gasteiger partial charge in [-0.2, -0.15) is 0 Å². The molecule has 0 heterocycles. The van der Waals surface area contributed by atoms with Crippen LogP contribution in [0.5, 0.6) is 11.5 Å². The summed E-state index contributed by atoms with van der Waals surface area (Å²) in [5.41, 5.74) is 7.35. The minimum atomic E-state index is 0.464. The van der Waals surface area contributed by atoms with Gasteiger partial charge in [0.15, 0.2) is 0 Å².